The quantitative estimate of drug-likeness (QED) is 0.558. The van der Waals surface area contributed by atoms with Crippen LogP contribution in [0.1, 0.15) is 46.5 Å². The van der Waals surface area contributed by atoms with Crippen LogP contribution in [0.3, 0.4) is 0 Å². The monoisotopic (exact) mass is 204 g/mol. The molecule has 0 fully saturated rings. The number of rotatable bonds is 4. The van der Waals surface area contributed by atoms with Gasteiger partial charge in [-0.3, -0.25) is 9.59 Å². The fourth-order valence-corrected chi connectivity index (χ4v) is 0.637. The summed E-state index contributed by atoms with van der Waals surface area (Å²) in [6.45, 7) is 5.66. The van der Waals surface area contributed by atoms with Crippen molar-refractivity contribution in [3.05, 3.63) is 0 Å². The molecule has 0 aromatic rings. The summed E-state index contributed by atoms with van der Waals surface area (Å²) in [5.74, 6) is -0.822. The number of esters is 2. The van der Waals surface area contributed by atoms with Crippen LogP contribution in [0.2, 0.25) is 0 Å². The summed E-state index contributed by atoms with van der Waals surface area (Å²) < 4.78 is 4.45. The van der Waals surface area contributed by atoms with E-state index in [0.29, 0.717) is 12.8 Å². The van der Waals surface area contributed by atoms with Gasteiger partial charge in [-0.2, -0.15) is 0 Å². The van der Waals surface area contributed by atoms with E-state index in [1.807, 2.05) is 13.8 Å². The predicted molar refractivity (Wildman–Crippen MR) is 53.7 cm³/mol. The van der Waals surface area contributed by atoms with Gasteiger partial charge in [-0.25, -0.2) is 0 Å². The molecule has 0 amide bonds. The summed E-state index contributed by atoms with van der Waals surface area (Å²) in [4.78, 5) is 21.4. The Hall–Kier alpha value is -0.900. The van der Waals surface area contributed by atoms with Gasteiger partial charge >= 0.3 is 11.9 Å². The summed E-state index contributed by atoms with van der Waals surface area (Å²) >= 11 is 0. The zero-order valence-electron chi connectivity index (χ0n) is 9.21. The number of carbonyl (C=O) groups is 2. The molecule has 4 nitrogen and oxygen atoms in total. The molecular formula is C10H20O4. The van der Waals surface area contributed by atoms with Crippen LogP contribution in [0.5, 0.6) is 0 Å². The van der Waals surface area contributed by atoms with Gasteiger partial charge in [0.2, 0.25) is 0 Å². The normalized spacial score (nSPS) is 8.57. The van der Waals surface area contributed by atoms with Crippen molar-refractivity contribution in [1.29, 1.82) is 0 Å². The zero-order chi connectivity index (χ0) is 11.4. The number of hydrogen-bond acceptors (Lipinski definition) is 4. The fourth-order valence-electron chi connectivity index (χ4n) is 0.637. The Balaban J connectivity index is 0. The molecule has 0 aromatic heterocycles. The van der Waals surface area contributed by atoms with E-state index in [2.05, 4.69) is 4.74 Å². The summed E-state index contributed by atoms with van der Waals surface area (Å²) in [7, 11) is 0. The first kappa shape index (κ1) is 15.6. The van der Waals surface area contributed by atoms with Crippen molar-refractivity contribution < 1.29 is 19.4 Å². The van der Waals surface area contributed by atoms with E-state index in [0.717, 1.165) is 12.8 Å². The van der Waals surface area contributed by atoms with Crippen molar-refractivity contribution in [1.82, 2.24) is 0 Å². The van der Waals surface area contributed by atoms with E-state index in [4.69, 9.17) is 5.11 Å². The number of hydrogen-bond donors (Lipinski definition) is 1. The lowest BCUT2D eigenvalue weighted by Gasteiger charge is -1.98. The Bertz CT molecular complexity index is 138. The van der Waals surface area contributed by atoms with Gasteiger partial charge in [-0.1, -0.05) is 13.8 Å². The Kier molecular flexibility index (Phi) is 13.5. The molecule has 0 aliphatic carbocycles. The molecule has 4 heteroatoms. The predicted octanol–water partition coefficient (Wildman–Crippen LogP) is 1.66. The van der Waals surface area contributed by atoms with E-state index in [9.17, 15) is 9.59 Å². The molecular weight excluding hydrogens is 184 g/mol. The highest BCUT2D eigenvalue weighted by atomic mass is 16.6. The average molecular weight is 204 g/mol. The van der Waals surface area contributed by atoms with Crippen molar-refractivity contribution in [2.45, 2.75) is 46.5 Å². The second-order valence-corrected chi connectivity index (χ2v) is 2.66. The van der Waals surface area contributed by atoms with E-state index in [-0.39, 0.29) is 6.61 Å². The van der Waals surface area contributed by atoms with Gasteiger partial charge < -0.3 is 9.84 Å². The number of aliphatic hydroxyl groups excluding tert-OH is 1. The third-order valence-corrected chi connectivity index (χ3v) is 1.14. The summed E-state index contributed by atoms with van der Waals surface area (Å²) in [5.41, 5.74) is 0. The van der Waals surface area contributed by atoms with E-state index in [1.54, 1.807) is 6.92 Å². The summed E-state index contributed by atoms with van der Waals surface area (Å²) in [6.07, 6.45) is 2.10. The van der Waals surface area contributed by atoms with E-state index in [1.165, 1.54) is 0 Å². The van der Waals surface area contributed by atoms with Gasteiger partial charge in [-0.05, 0) is 19.8 Å². The van der Waals surface area contributed by atoms with Crippen LogP contribution in [-0.2, 0) is 14.3 Å². The first-order valence-corrected chi connectivity index (χ1v) is 4.96. The Morgan fingerprint density at radius 1 is 1.00 bits per heavy atom. The first-order chi connectivity index (χ1) is 6.62. The molecule has 0 saturated carbocycles. The zero-order valence-corrected chi connectivity index (χ0v) is 9.21. The van der Waals surface area contributed by atoms with Crippen molar-refractivity contribution in [3.63, 3.8) is 0 Å². The molecule has 0 aliphatic heterocycles. The van der Waals surface area contributed by atoms with Gasteiger partial charge in [0.25, 0.3) is 0 Å². The summed E-state index contributed by atoms with van der Waals surface area (Å²) in [5, 5.41) is 7.57. The van der Waals surface area contributed by atoms with Gasteiger partial charge in [-0.15, -0.1) is 0 Å². The highest BCUT2D eigenvalue weighted by Gasteiger charge is 2.06. The molecule has 0 heterocycles. The molecule has 1 N–H and O–H groups in total. The third-order valence-electron chi connectivity index (χ3n) is 1.14. The number of ether oxygens (including phenoxy) is 1. The van der Waals surface area contributed by atoms with Crippen LogP contribution in [0.15, 0.2) is 0 Å². The molecule has 0 spiro atoms. The van der Waals surface area contributed by atoms with Crippen LogP contribution in [-0.4, -0.2) is 23.7 Å². The molecule has 14 heavy (non-hydrogen) atoms. The largest absolute Gasteiger partial charge is 0.397 e. The fraction of sp³-hybridized carbons (Fsp3) is 0.800. The lowest BCUT2D eigenvalue weighted by atomic mass is 10.3. The van der Waals surface area contributed by atoms with Gasteiger partial charge in [0, 0.05) is 19.4 Å². The van der Waals surface area contributed by atoms with E-state index >= 15 is 0 Å². The molecule has 0 unspecified atom stereocenters. The number of aliphatic hydroxyl groups is 1. The molecule has 0 rings (SSSR count). The summed E-state index contributed by atoms with van der Waals surface area (Å²) in [6, 6.07) is 0. The molecule has 0 saturated heterocycles. The SMILES string of the molecule is CCCC(=O)OC(=O)CCC.CCO. The Morgan fingerprint density at radius 3 is 1.50 bits per heavy atom. The van der Waals surface area contributed by atoms with Gasteiger partial charge in [0.15, 0.2) is 0 Å². The highest BCUT2D eigenvalue weighted by Crippen LogP contribution is 1.95. The molecule has 84 valence electrons. The maximum Gasteiger partial charge on any atom is 0.313 e. The maximum absolute atomic E-state index is 10.7. The second kappa shape index (κ2) is 12.1. The molecule has 0 aromatic carbocycles. The molecule has 0 atom stereocenters. The van der Waals surface area contributed by atoms with Crippen LogP contribution >= 0.6 is 0 Å². The Labute approximate surface area is 85.3 Å². The maximum atomic E-state index is 10.7. The Morgan fingerprint density at radius 2 is 1.29 bits per heavy atom. The lowest BCUT2D eigenvalue weighted by molar-refractivity contribution is -0.159. The smallest absolute Gasteiger partial charge is 0.313 e. The topological polar surface area (TPSA) is 63.6 Å². The second-order valence-electron chi connectivity index (χ2n) is 2.66. The number of carbonyl (C=O) groups excluding carboxylic acids is 2. The van der Waals surface area contributed by atoms with Crippen LogP contribution in [0, 0.1) is 0 Å². The standard InChI is InChI=1S/C8H14O3.C2H6O/c1-3-5-7(9)11-8(10)6-4-2;1-2-3/h3-6H2,1-2H3;3H,2H2,1H3. The lowest BCUT2D eigenvalue weighted by Crippen LogP contribution is -2.10. The minimum Gasteiger partial charge on any atom is -0.397 e. The van der Waals surface area contributed by atoms with Crippen molar-refractivity contribution >= 4 is 11.9 Å². The average Bonchev–Trinajstić information content (AvgIpc) is 2.05. The van der Waals surface area contributed by atoms with Gasteiger partial charge in [0.1, 0.15) is 0 Å². The molecule has 0 radical (unpaired) electrons. The minimum atomic E-state index is -0.411. The van der Waals surface area contributed by atoms with Crippen molar-refractivity contribution in [2.24, 2.45) is 0 Å². The first-order valence-electron chi connectivity index (χ1n) is 4.96. The molecule has 0 aliphatic rings. The van der Waals surface area contributed by atoms with Crippen LogP contribution in [0.25, 0.3) is 0 Å². The van der Waals surface area contributed by atoms with Crippen molar-refractivity contribution in [3.8, 4) is 0 Å². The van der Waals surface area contributed by atoms with Crippen LogP contribution in [0.4, 0.5) is 0 Å². The van der Waals surface area contributed by atoms with Gasteiger partial charge in [0.05, 0.1) is 0 Å². The minimum absolute atomic E-state index is 0.250. The highest BCUT2D eigenvalue weighted by molar-refractivity contribution is 5.85. The molecule has 0 bridgehead atoms. The van der Waals surface area contributed by atoms with E-state index < -0.39 is 11.9 Å². The third kappa shape index (κ3) is 13.7. The van der Waals surface area contributed by atoms with Crippen molar-refractivity contribution in [2.75, 3.05) is 6.61 Å². The van der Waals surface area contributed by atoms with Crippen LogP contribution < -0.4 is 0 Å².